The quantitative estimate of drug-likeness (QED) is 0.481. The molecule has 0 aliphatic rings. The number of nitrogens with zero attached hydrogens (tertiary/aromatic N) is 4. The molecule has 0 fully saturated rings. The van der Waals surface area contributed by atoms with Gasteiger partial charge in [0.25, 0.3) is 0 Å². The molecule has 3 aromatic heterocycles. The molecule has 1 N–H and O–H groups in total. The van der Waals surface area contributed by atoms with Crippen molar-refractivity contribution in [1.29, 1.82) is 5.26 Å². The molecule has 0 spiro atoms. The lowest BCUT2D eigenvalue weighted by Crippen LogP contribution is -2.14. The van der Waals surface area contributed by atoms with Crippen molar-refractivity contribution < 1.29 is 9.21 Å². The molecule has 9 heteroatoms. The van der Waals surface area contributed by atoms with E-state index in [-0.39, 0.29) is 11.7 Å². The Labute approximate surface area is 168 Å². The van der Waals surface area contributed by atoms with Crippen LogP contribution in [0.1, 0.15) is 5.56 Å². The van der Waals surface area contributed by atoms with Crippen LogP contribution in [-0.2, 0) is 4.79 Å². The number of aromatic nitrogens is 3. The highest BCUT2D eigenvalue weighted by Gasteiger charge is 2.19. The minimum Gasteiger partial charge on any atom is -0.461 e. The van der Waals surface area contributed by atoms with Gasteiger partial charge in [-0.25, -0.2) is 0 Å². The highest BCUT2D eigenvalue weighted by molar-refractivity contribution is 7.99. The topological polar surface area (TPSA) is 96.7 Å². The lowest BCUT2D eigenvalue weighted by molar-refractivity contribution is -0.113. The van der Waals surface area contributed by atoms with E-state index in [0.29, 0.717) is 27.3 Å². The molecule has 4 rings (SSSR count). The van der Waals surface area contributed by atoms with Crippen molar-refractivity contribution in [2.75, 3.05) is 11.1 Å². The summed E-state index contributed by atoms with van der Waals surface area (Å²) in [5.41, 5.74) is 1.32. The Balaban J connectivity index is 1.57. The number of thioether (sulfide) groups is 1. The number of thiophene rings is 1. The van der Waals surface area contributed by atoms with E-state index in [1.807, 2.05) is 41.0 Å². The van der Waals surface area contributed by atoms with E-state index in [4.69, 9.17) is 9.68 Å². The molecule has 1 aromatic carbocycles. The number of hydrogen-bond donors (Lipinski definition) is 1. The maximum Gasteiger partial charge on any atom is 0.235 e. The summed E-state index contributed by atoms with van der Waals surface area (Å²) < 4.78 is 7.33. The van der Waals surface area contributed by atoms with Crippen LogP contribution in [0.5, 0.6) is 0 Å². The van der Waals surface area contributed by atoms with Crippen molar-refractivity contribution >= 4 is 34.0 Å². The Morgan fingerprint density at radius 3 is 2.82 bits per heavy atom. The number of benzene rings is 1. The molecule has 0 radical (unpaired) electrons. The zero-order chi connectivity index (χ0) is 19.3. The molecule has 0 saturated carbocycles. The number of para-hydroxylation sites is 1. The normalized spacial score (nSPS) is 10.5. The number of rotatable bonds is 6. The SMILES string of the molecule is N#Cc1ccsc1NC(=O)CSc1nnc(-c2ccco2)n1-c1ccccc1. The zero-order valence-corrected chi connectivity index (χ0v) is 16.0. The van der Waals surface area contributed by atoms with Gasteiger partial charge in [0.2, 0.25) is 11.7 Å². The second-order valence-corrected chi connectivity index (χ2v) is 7.43. The van der Waals surface area contributed by atoms with Crippen LogP contribution in [0.2, 0.25) is 0 Å². The molecule has 1 amide bonds. The van der Waals surface area contributed by atoms with Crippen LogP contribution in [0.3, 0.4) is 0 Å². The van der Waals surface area contributed by atoms with Crippen LogP contribution in [0.25, 0.3) is 17.3 Å². The number of carbonyl (C=O) groups is 1. The molecule has 7 nitrogen and oxygen atoms in total. The molecule has 0 saturated heterocycles. The minimum atomic E-state index is -0.217. The highest BCUT2D eigenvalue weighted by Crippen LogP contribution is 2.28. The number of furan rings is 1. The van der Waals surface area contributed by atoms with Crippen molar-refractivity contribution in [2.45, 2.75) is 5.16 Å². The van der Waals surface area contributed by atoms with Crippen molar-refractivity contribution in [3.8, 4) is 23.3 Å². The van der Waals surface area contributed by atoms with Crippen molar-refractivity contribution in [1.82, 2.24) is 14.8 Å². The lowest BCUT2D eigenvalue weighted by Gasteiger charge is -2.09. The maximum atomic E-state index is 12.3. The Morgan fingerprint density at radius 1 is 1.21 bits per heavy atom. The Morgan fingerprint density at radius 2 is 2.07 bits per heavy atom. The Kier molecular flexibility index (Phi) is 5.23. The summed E-state index contributed by atoms with van der Waals surface area (Å²) >= 11 is 2.58. The molecule has 0 atom stereocenters. The average molecular weight is 407 g/mol. The molecule has 3 heterocycles. The van der Waals surface area contributed by atoms with Gasteiger partial charge in [-0.15, -0.1) is 21.5 Å². The van der Waals surface area contributed by atoms with E-state index in [0.717, 1.165) is 5.69 Å². The number of nitrogens with one attached hydrogen (secondary N) is 1. The van der Waals surface area contributed by atoms with Crippen molar-refractivity contribution in [3.63, 3.8) is 0 Å². The first-order chi connectivity index (χ1) is 13.8. The molecule has 0 aliphatic heterocycles. The van der Waals surface area contributed by atoms with E-state index < -0.39 is 0 Å². The van der Waals surface area contributed by atoms with E-state index in [9.17, 15) is 4.79 Å². The summed E-state index contributed by atoms with van der Waals surface area (Å²) in [7, 11) is 0. The molecule has 0 unspecified atom stereocenters. The summed E-state index contributed by atoms with van der Waals surface area (Å²) in [4.78, 5) is 12.3. The molecule has 138 valence electrons. The van der Waals surface area contributed by atoms with Gasteiger partial charge in [0.15, 0.2) is 10.9 Å². The number of amides is 1. The third kappa shape index (κ3) is 3.69. The molecule has 0 aliphatic carbocycles. The summed E-state index contributed by atoms with van der Waals surface area (Å²) in [6.45, 7) is 0. The van der Waals surface area contributed by atoms with Gasteiger partial charge in [-0.05, 0) is 35.7 Å². The first-order valence-corrected chi connectivity index (χ1v) is 10.1. The zero-order valence-electron chi connectivity index (χ0n) is 14.4. The van der Waals surface area contributed by atoms with Crippen LogP contribution in [0.4, 0.5) is 5.00 Å². The van der Waals surface area contributed by atoms with Crippen LogP contribution in [0, 0.1) is 11.3 Å². The summed E-state index contributed by atoms with van der Waals surface area (Å²) in [5.74, 6) is 1.06. The third-order valence-electron chi connectivity index (χ3n) is 3.76. The number of nitriles is 1. The van der Waals surface area contributed by atoms with Crippen molar-refractivity contribution in [3.05, 3.63) is 65.7 Å². The minimum absolute atomic E-state index is 0.131. The summed E-state index contributed by atoms with van der Waals surface area (Å²) in [5, 5.41) is 23.2. The van der Waals surface area contributed by atoms with Gasteiger partial charge in [-0.3, -0.25) is 9.36 Å². The van der Waals surface area contributed by atoms with E-state index in [2.05, 4.69) is 21.6 Å². The van der Waals surface area contributed by atoms with Crippen LogP contribution in [0.15, 0.2) is 69.7 Å². The van der Waals surface area contributed by atoms with Crippen molar-refractivity contribution in [2.24, 2.45) is 0 Å². The van der Waals surface area contributed by atoms with Gasteiger partial charge in [0.1, 0.15) is 11.1 Å². The van der Waals surface area contributed by atoms with Crippen LogP contribution in [-0.4, -0.2) is 26.4 Å². The monoisotopic (exact) mass is 407 g/mol. The Hall–Kier alpha value is -3.35. The molecule has 0 bridgehead atoms. The smallest absolute Gasteiger partial charge is 0.235 e. The highest BCUT2D eigenvalue weighted by atomic mass is 32.2. The maximum absolute atomic E-state index is 12.3. The predicted molar refractivity (Wildman–Crippen MR) is 107 cm³/mol. The average Bonchev–Trinajstić information content (AvgIpc) is 3.47. The summed E-state index contributed by atoms with van der Waals surface area (Å²) in [6, 6.07) is 17.0. The largest absolute Gasteiger partial charge is 0.461 e. The van der Waals surface area contributed by atoms with E-state index >= 15 is 0 Å². The number of anilines is 1. The van der Waals surface area contributed by atoms with Gasteiger partial charge in [0, 0.05) is 5.69 Å². The molecular weight excluding hydrogens is 394 g/mol. The predicted octanol–water partition coefficient (Wildman–Crippen LogP) is 4.19. The fraction of sp³-hybridized carbons (Fsp3) is 0.0526. The van der Waals surface area contributed by atoms with Gasteiger partial charge in [-0.2, -0.15) is 5.26 Å². The Bertz CT molecular complexity index is 1130. The van der Waals surface area contributed by atoms with E-state index in [1.165, 1.54) is 23.1 Å². The second kappa shape index (κ2) is 8.12. The van der Waals surface area contributed by atoms with Crippen LogP contribution >= 0.6 is 23.1 Å². The number of carbonyl (C=O) groups excluding carboxylic acids is 1. The summed E-state index contributed by atoms with van der Waals surface area (Å²) in [6.07, 6.45) is 1.58. The molecule has 28 heavy (non-hydrogen) atoms. The fourth-order valence-electron chi connectivity index (χ4n) is 2.53. The first kappa shape index (κ1) is 18.0. The van der Waals surface area contributed by atoms with Gasteiger partial charge in [0.05, 0.1) is 17.6 Å². The lowest BCUT2D eigenvalue weighted by atomic mass is 10.3. The van der Waals surface area contributed by atoms with Gasteiger partial charge < -0.3 is 9.73 Å². The first-order valence-electron chi connectivity index (χ1n) is 8.21. The molecule has 4 aromatic rings. The van der Waals surface area contributed by atoms with E-state index in [1.54, 1.807) is 23.8 Å². The van der Waals surface area contributed by atoms with Gasteiger partial charge >= 0.3 is 0 Å². The fourth-order valence-corrected chi connectivity index (χ4v) is 4.03. The van der Waals surface area contributed by atoms with Crippen LogP contribution < -0.4 is 5.32 Å². The standard InChI is InChI=1S/C19H13N5O2S2/c20-11-13-8-10-27-18(13)21-16(25)12-28-19-23-22-17(15-7-4-9-26-15)24(19)14-5-2-1-3-6-14/h1-10H,12H2,(H,21,25). The second-order valence-electron chi connectivity index (χ2n) is 5.57. The third-order valence-corrected chi connectivity index (χ3v) is 5.52. The number of hydrogen-bond acceptors (Lipinski definition) is 7. The van der Waals surface area contributed by atoms with Gasteiger partial charge in [-0.1, -0.05) is 30.0 Å². The molecular formula is C19H13N5O2S2.